The molecule has 0 fully saturated rings. The van der Waals surface area contributed by atoms with Crippen molar-refractivity contribution in [2.75, 3.05) is 38.3 Å². The summed E-state index contributed by atoms with van der Waals surface area (Å²) in [6, 6.07) is 7.38. The van der Waals surface area contributed by atoms with Crippen LogP contribution >= 0.6 is 0 Å². The molecular weight excluding hydrogens is 218 g/mol. The quantitative estimate of drug-likeness (QED) is 0.727. The van der Waals surface area contributed by atoms with Crippen LogP contribution in [0.4, 0.5) is 5.69 Å². The smallest absolute Gasteiger partial charge is 0.159 e. The second-order valence-corrected chi connectivity index (χ2v) is 3.81. The number of rotatable bonds is 7. The van der Waals surface area contributed by atoms with Crippen LogP contribution in [0.15, 0.2) is 24.3 Å². The van der Waals surface area contributed by atoms with Crippen LogP contribution in [0.25, 0.3) is 0 Å². The standard InChI is InChI=1S/C13H19NO3/c1-11(16)12-3-5-13(6-4-12)14(7-9-15)8-10-17-2/h3-6,15H,7-10H2,1-2H3. The van der Waals surface area contributed by atoms with Crippen molar-refractivity contribution < 1.29 is 14.6 Å². The molecule has 4 heteroatoms. The van der Waals surface area contributed by atoms with Gasteiger partial charge in [-0.3, -0.25) is 4.79 Å². The molecule has 0 aliphatic rings. The second kappa shape index (κ2) is 7.04. The summed E-state index contributed by atoms with van der Waals surface area (Å²) in [5.74, 6) is 0.0575. The normalized spacial score (nSPS) is 10.3. The Hall–Kier alpha value is -1.39. The number of Topliss-reactive ketones (excluding diaryl/α,β-unsaturated/α-hetero) is 1. The number of nitrogens with zero attached hydrogens (tertiary/aromatic N) is 1. The number of hydrogen-bond donors (Lipinski definition) is 1. The second-order valence-electron chi connectivity index (χ2n) is 3.81. The monoisotopic (exact) mass is 237 g/mol. The minimum Gasteiger partial charge on any atom is -0.395 e. The van der Waals surface area contributed by atoms with E-state index in [1.807, 2.05) is 17.0 Å². The van der Waals surface area contributed by atoms with Gasteiger partial charge >= 0.3 is 0 Å². The molecule has 0 heterocycles. The summed E-state index contributed by atoms with van der Waals surface area (Å²) in [7, 11) is 1.65. The molecule has 0 bridgehead atoms. The van der Waals surface area contributed by atoms with Gasteiger partial charge in [-0.05, 0) is 31.2 Å². The van der Waals surface area contributed by atoms with Crippen molar-refractivity contribution >= 4 is 11.5 Å². The molecule has 1 N–H and O–H groups in total. The minimum atomic E-state index is 0.0575. The molecule has 17 heavy (non-hydrogen) atoms. The van der Waals surface area contributed by atoms with Gasteiger partial charge in [0.05, 0.1) is 13.2 Å². The zero-order valence-corrected chi connectivity index (χ0v) is 10.3. The van der Waals surface area contributed by atoms with Gasteiger partial charge in [0, 0.05) is 31.5 Å². The van der Waals surface area contributed by atoms with E-state index in [0.717, 1.165) is 12.2 Å². The van der Waals surface area contributed by atoms with Crippen molar-refractivity contribution in [2.45, 2.75) is 6.92 Å². The van der Waals surface area contributed by atoms with Gasteiger partial charge in [0.2, 0.25) is 0 Å². The number of hydrogen-bond acceptors (Lipinski definition) is 4. The number of benzene rings is 1. The van der Waals surface area contributed by atoms with E-state index in [-0.39, 0.29) is 12.4 Å². The lowest BCUT2D eigenvalue weighted by Gasteiger charge is -2.23. The third-order valence-electron chi connectivity index (χ3n) is 2.57. The first-order chi connectivity index (χ1) is 8.19. The van der Waals surface area contributed by atoms with E-state index in [1.54, 1.807) is 26.2 Å². The van der Waals surface area contributed by atoms with Crippen molar-refractivity contribution in [1.82, 2.24) is 0 Å². The summed E-state index contributed by atoms with van der Waals surface area (Å²) in [4.78, 5) is 13.2. The molecule has 0 aromatic heterocycles. The summed E-state index contributed by atoms with van der Waals surface area (Å²) >= 11 is 0. The zero-order chi connectivity index (χ0) is 12.7. The van der Waals surface area contributed by atoms with Gasteiger partial charge < -0.3 is 14.7 Å². The Morgan fingerprint density at radius 2 is 1.94 bits per heavy atom. The van der Waals surface area contributed by atoms with Gasteiger partial charge in [-0.2, -0.15) is 0 Å². The van der Waals surface area contributed by atoms with Crippen LogP contribution in [0, 0.1) is 0 Å². The Kier molecular flexibility index (Phi) is 5.66. The number of ketones is 1. The number of aliphatic hydroxyl groups excluding tert-OH is 1. The molecule has 94 valence electrons. The topological polar surface area (TPSA) is 49.8 Å². The van der Waals surface area contributed by atoms with Gasteiger partial charge in [0.25, 0.3) is 0 Å². The van der Waals surface area contributed by atoms with E-state index >= 15 is 0 Å². The maximum Gasteiger partial charge on any atom is 0.159 e. The van der Waals surface area contributed by atoms with Gasteiger partial charge in [-0.25, -0.2) is 0 Å². The molecule has 0 aliphatic carbocycles. The van der Waals surface area contributed by atoms with Gasteiger partial charge in [-0.1, -0.05) is 0 Å². The summed E-state index contributed by atoms with van der Waals surface area (Å²) < 4.78 is 5.02. The number of carbonyl (C=O) groups is 1. The van der Waals surface area contributed by atoms with Crippen LogP contribution in [-0.2, 0) is 4.74 Å². The summed E-state index contributed by atoms with van der Waals surface area (Å²) in [5, 5.41) is 9.00. The first kappa shape index (κ1) is 13.7. The van der Waals surface area contributed by atoms with Crippen molar-refractivity contribution in [3.63, 3.8) is 0 Å². The number of anilines is 1. The molecule has 0 unspecified atom stereocenters. The van der Waals surface area contributed by atoms with Crippen LogP contribution in [0.5, 0.6) is 0 Å². The van der Waals surface area contributed by atoms with Crippen molar-refractivity contribution in [3.8, 4) is 0 Å². The maximum absolute atomic E-state index is 11.2. The third-order valence-corrected chi connectivity index (χ3v) is 2.57. The molecule has 1 aromatic rings. The highest BCUT2D eigenvalue weighted by Gasteiger charge is 2.06. The minimum absolute atomic E-state index is 0.0575. The molecule has 0 atom stereocenters. The average Bonchev–Trinajstić information content (AvgIpc) is 2.34. The molecule has 0 saturated carbocycles. The van der Waals surface area contributed by atoms with E-state index < -0.39 is 0 Å². The lowest BCUT2D eigenvalue weighted by molar-refractivity contribution is 0.101. The summed E-state index contributed by atoms with van der Waals surface area (Å²) in [5.41, 5.74) is 1.69. The molecule has 4 nitrogen and oxygen atoms in total. The van der Waals surface area contributed by atoms with Crippen LogP contribution in [-0.4, -0.2) is 44.3 Å². The highest BCUT2D eigenvalue weighted by atomic mass is 16.5. The lowest BCUT2D eigenvalue weighted by atomic mass is 10.1. The Morgan fingerprint density at radius 1 is 1.29 bits per heavy atom. The van der Waals surface area contributed by atoms with Crippen LogP contribution in [0.1, 0.15) is 17.3 Å². The van der Waals surface area contributed by atoms with Crippen molar-refractivity contribution in [1.29, 1.82) is 0 Å². The Morgan fingerprint density at radius 3 is 2.41 bits per heavy atom. The Balaban J connectivity index is 2.75. The molecule has 0 saturated heterocycles. The fourth-order valence-corrected chi connectivity index (χ4v) is 1.60. The van der Waals surface area contributed by atoms with Crippen LogP contribution in [0.3, 0.4) is 0 Å². The third kappa shape index (κ3) is 4.17. The van der Waals surface area contributed by atoms with Gasteiger partial charge in [-0.15, -0.1) is 0 Å². The van der Waals surface area contributed by atoms with E-state index in [2.05, 4.69) is 0 Å². The first-order valence-electron chi connectivity index (χ1n) is 5.64. The number of methoxy groups -OCH3 is 1. The first-order valence-corrected chi connectivity index (χ1v) is 5.64. The predicted molar refractivity (Wildman–Crippen MR) is 67.6 cm³/mol. The number of aliphatic hydroxyl groups is 1. The molecular formula is C13H19NO3. The molecule has 1 aromatic carbocycles. The fourth-order valence-electron chi connectivity index (χ4n) is 1.60. The van der Waals surface area contributed by atoms with E-state index in [0.29, 0.717) is 18.7 Å². The number of carbonyl (C=O) groups excluding carboxylic acids is 1. The summed E-state index contributed by atoms with van der Waals surface area (Å²) in [6.45, 7) is 3.53. The molecule has 0 amide bonds. The van der Waals surface area contributed by atoms with Crippen molar-refractivity contribution in [3.05, 3.63) is 29.8 Å². The van der Waals surface area contributed by atoms with Crippen LogP contribution < -0.4 is 4.90 Å². The molecule has 0 spiro atoms. The Bertz CT molecular complexity index is 348. The molecule has 0 aliphatic heterocycles. The molecule has 0 radical (unpaired) electrons. The van der Waals surface area contributed by atoms with Crippen molar-refractivity contribution in [2.24, 2.45) is 0 Å². The highest BCUT2D eigenvalue weighted by Crippen LogP contribution is 2.15. The fraction of sp³-hybridized carbons (Fsp3) is 0.462. The Labute approximate surface area is 102 Å². The van der Waals surface area contributed by atoms with Gasteiger partial charge in [0.1, 0.15) is 0 Å². The highest BCUT2D eigenvalue weighted by molar-refractivity contribution is 5.94. The largest absolute Gasteiger partial charge is 0.395 e. The number of ether oxygens (including phenoxy) is 1. The van der Waals surface area contributed by atoms with Gasteiger partial charge in [0.15, 0.2) is 5.78 Å². The van der Waals surface area contributed by atoms with E-state index in [1.165, 1.54) is 0 Å². The molecule has 1 rings (SSSR count). The zero-order valence-electron chi connectivity index (χ0n) is 10.3. The average molecular weight is 237 g/mol. The summed E-state index contributed by atoms with van der Waals surface area (Å²) in [6.07, 6.45) is 0. The predicted octanol–water partition coefficient (Wildman–Crippen LogP) is 1.33. The SMILES string of the molecule is COCCN(CCO)c1ccc(C(C)=O)cc1. The lowest BCUT2D eigenvalue weighted by Crippen LogP contribution is -2.30. The van der Waals surface area contributed by atoms with Crippen LogP contribution in [0.2, 0.25) is 0 Å². The maximum atomic E-state index is 11.2. The van der Waals surface area contributed by atoms with E-state index in [9.17, 15) is 4.79 Å². The van der Waals surface area contributed by atoms with E-state index in [4.69, 9.17) is 9.84 Å².